The number of nitrogens with one attached hydrogen (secondary N) is 1. The molecule has 0 radical (unpaired) electrons. The summed E-state index contributed by atoms with van der Waals surface area (Å²) in [6.07, 6.45) is -5.57. The van der Waals surface area contributed by atoms with Crippen molar-refractivity contribution in [3.8, 4) is 0 Å². The summed E-state index contributed by atoms with van der Waals surface area (Å²) >= 11 is 0. The van der Waals surface area contributed by atoms with E-state index in [-0.39, 0.29) is 5.91 Å². The number of carbonyl (C=O) groups is 5. The molecule has 87 heavy (non-hydrogen) atoms. The first-order chi connectivity index (χ1) is 42.6. The van der Waals surface area contributed by atoms with Gasteiger partial charge in [-0.05, 0) is 313 Å². The maximum atomic E-state index is 17.6. The van der Waals surface area contributed by atoms with Crippen molar-refractivity contribution in [2.24, 2.45) is 5.92 Å². The lowest BCUT2D eigenvalue weighted by Crippen LogP contribution is -2.67. The van der Waals surface area contributed by atoms with E-state index in [9.17, 15) is 19.2 Å². The lowest BCUT2D eigenvalue weighted by molar-refractivity contribution is -0.271. The molecular weight excluding hydrogens is 1090 g/mol. The molecule has 0 aromatic heterocycles. The number of amides is 1. The Hall–Kier alpha value is -10.2. The maximum absolute atomic E-state index is 17.6. The van der Waals surface area contributed by atoms with Crippen molar-refractivity contribution in [3.63, 3.8) is 0 Å². The summed E-state index contributed by atoms with van der Waals surface area (Å²) < 4.78 is 30.4. The van der Waals surface area contributed by atoms with E-state index in [1.54, 1.807) is 0 Å². The Kier molecular flexibility index (Phi) is 3.90. The summed E-state index contributed by atoms with van der Waals surface area (Å²) in [5, 5.41) is 81.9. The molecule has 1 amide bonds. The number of rotatable bonds is 7. The highest BCUT2D eigenvalue weighted by molar-refractivity contribution is 6.82. The Morgan fingerprint density at radius 2 is 0.529 bits per heavy atom. The average Bonchev–Trinajstić information content (AvgIpc) is 1.37. The molecule has 5 atom stereocenters. The molecule has 28 aromatic carbocycles. The van der Waals surface area contributed by atoms with Crippen LogP contribution in [-0.2, 0) is 58.5 Å². The summed E-state index contributed by atoms with van der Waals surface area (Å²) in [6.45, 7) is 4.62. The summed E-state index contributed by atoms with van der Waals surface area (Å²) in [5.41, 5.74) is 3.52. The normalized spacial score (nSPS) is 26.0. The number of esters is 4. The molecule has 1 saturated carbocycles. The molecule has 5 aliphatic carbocycles. The van der Waals surface area contributed by atoms with Crippen molar-refractivity contribution in [1.29, 1.82) is 0 Å². The fraction of sp³-hybridized carbons (Fsp3) is 0.171. The number of benzene rings is 18. The highest BCUT2D eigenvalue weighted by Gasteiger charge is 2.89. The Morgan fingerprint density at radius 1 is 0.310 bits per heavy atom. The molecule has 0 unspecified atom stereocenters. The fourth-order valence-corrected chi connectivity index (χ4v) is 27.4. The van der Waals surface area contributed by atoms with Crippen LogP contribution in [0.3, 0.4) is 0 Å². The first-order valence-corrected chi connectivity index (χ1v) is 31.0. The van der Waals surface area contributed by atoms with Crippen molar-refractivity contribution in [1.82, 2.24) is 5.32 Å². The van der Waals surface area contributed by atoms with Crippen LogP contribution in [0, 0.1) is 5.92 Å². The molecule has 0 bridgehead atoms. The van der Waals surface area contributed by atoms with Gasteiger partial charge in [-0.1, -0.05) is 0 Å². The predicted molar refractivity (Wildman–Crippen MR) is 337 cm³/mol. The first-order valence-electron chi connectivity index (χ1n) is 31.0. The Balaban J connectivity index is 0.860. The van der Waals surface area contributed by atoms with Crippen LogP contribution in [0.1, 0.15) is 49.9 Å². The van der Waals surface area contributed by atoms with E-state index >= 15 is 4.79 Å². The maximum Gasteiger partial charge on any atom is 0.305 e. The van der Waals surface area contributed by atoms with Gasteiger partial charge in [0.1, 0.15) is 18.8 Å². The Bertz CT molecular complexity index is 7440. The van der Waals surface area contributed by atoms with Gasteiger partial charge in [0, 0.05) is 27.7 Å². The van der Waals surface area contributed by atoms with Crippen LogP contribution in [0.4, 0.5) is 0 Å². The third-order valence-electron chi connectivity index (χ3n) is 27.8. The van der Waals surface area contributed by atoms with Gasteiger partial charge < -0.3 is 29.0 Å². The molecule has 1 aliphatic heterocycles. The van der Waals surface area contributed by atoms with Crippen LogP contribution in [0.2, 0.25) is 0 Å². The van der Waals surface area contributed by atoms with Crippen LogP contribution in [-0.4, -0.2) is 67.0 Å². The SMILES string of the molecule is CC(=O)OC[C@H]1O[C@H](OC(C)=O)[C@H](NC(=O)C2C34c5c6c7c8c9c%10c(c%11c%12c3c3c5c5c%13c6c6c7c7c9c9c%14c%10c%10c%11c%11c%12c%12c3c3c5c5c%13c%13c6c6c7c9c7c9c%14c%10c%10c%11c%11c%12c3c3c5c5c%13c6c7c6c9c%10c%11c3c56)C824)[C@@H](OC(C)=O)[C@@H]1OC(C)=O. The lowest BCUT2D eigenvalue weighted by atomic mass is 9.68. The lowest BCUT2D eigenvalue weighted by Gasteiger charge is -2.44. The second-order valence-electron chi connectivity index (χ2n) is 29.4. The standard InChI is InChI=1S/C76H21NO10/c1-6(78)83-5-10-70(84-7(2)79)71(85-8(3)80)69(74(87-10)86-9(4)81)77-73(82)72-75-65-57-49-39-29-21-13-11-12-15-19-17(13)25-33-27(19)37-31-23(15)24-16(12)20-18-14(11)22(21)30-36-26(18)34-28(20)38-32(24)42-41(31)51-45(37)55-47(33)53(43(49)35(25)29)61(65)63(55)67-59(51)60-52(42)46(38)56-48(34)54-44(36)50(40(30)39)58(57)66(75)62(54)64(56)68(60)76(67,72)75/h10,69-72,74H,5H2,1-4H3,(H,77,82)/t10-,69-,70-,71-,72?,74+,75?,76?/m1/s1. The first kappa shape index (κ1) is 37.3. The smallest absolute Gasteiger partial charge is 0.305 e. The molecule has 1 heterocycles. The van der Waals surface area contributed by atoms with Crippen LogP contribution in [0.25, 0.3) is 291 Å². The number of carbonyl (C=O) groups excluding carboxylic acids is 5. The highest BCUT2D eigenvalue weighted by Crippen LogP contribution is 2.92. The molecule has 34 rings (SSSR count). The monoisotopic (exact) mass is 1110 g/mol. The van der Waals surface area contributed by atoms with Crippen LogP contribution < -0.4 is 5.32 Å². The van der Waals surface area contributed by atoms with E-state index in [4.69, 9.17) is 23.7 Å². The second-order valence-corrected chi connectivity index (χ2v) is 29.4. The zero-order valence-corrected chi connectivity index (χ0v) is 45.3. The quantitative estimate of drug-likeness (QED) is 0.0930. The summed E-state index contributed by atoms with van der Waals surface area (Å²) in [6, 6.07) is -1.36. The zero-order chi connectivity index (χ0) is 54.8. The van der Waals surface area contributed by atoms with E-state index in [0.29, 0.717) is 0 Å². The highest BCUT2D eigenvalue weighted by atomic mass is 16.7. The number of ether oxygens (including phenoxy) is 5. The van der Waals surface area contributed by atoms with Gasteiger partial charge in [0.15, 0.2) is 12.2 Å². The Morgan fingerprint density at radius 3 is 0.747 bits per heavy atom. The Labute approximate surface area is 475 Å². The molecular formula is C76H21NO10. The number of hydrogen-bond acceptors (Lipinski definition) is 10. The van der Waals surface area contributed by atoms with Crippen molar-refractivity contribution in [2.75, 3.05) is 6.61 Å². The summed E-state index contributed by atoms with van der Waals surface area (Å²) in [5.74, 6) is -3.73. The molecule has 11 heteroatoms. The van der Waals surface area contributed by atoms with Crippen molar-refractivity contribution >= 4 is 321 Å². The third kappa shape index (κ3) is 2.36. The molecule has 6 aliphatic rings. The van der Waals surface area contributed by atoms with Gasteiger partial charge in [0.25, 0.3) is 0 Å². The van der Waals surface area contributed by atoms with E-state index in [1.807, 2.05) is 0 Å². The van der Waals surface area contributed by atoms with Gasteiger partial charge in [0.2, 0.25) is 12.2 Å². The van der Waals surface area contributed by atoms with Gasteiger partial charge in [-0.15, -0.1) is 0 Å². The van der Waals surface area contributed by atoms with Crippen molar-refractivity contribution in [2.45, 2.75) is 69.2 Å². The molecule has 390 valence electrons. The van der Waals surface area contributed by atoms with Gasteiger partial charge >= 0.3 is 23.9 Å². The molecule has 1 N–H and O–H groups in total. The topological polar surface area (TPSA) is 144 Å². The van der Waals surface area contributed by atoms with E-state index in [0.717, 1.165) is 0 Å². The van der Waals surface area contributed by atoms with Crippen molar-refractivity contribution < 1.29 is 47.7 Å². The molecule has 11 nitrogen and oxygen atoms in total. The second kappa shape index (κ2) is 9.10. The summed E-state index contributed by atoms with van der Waals surface area (Å²) in [4.78, 5) is 70.2. The third-order valence-corrected chi connectivity index (χ3v) is 27.8. The largest absolute Gasteiger partial charge is 0.463 e. The van der Waals surface area contributed by atoms with Crippen molar-refractivity contribution in [3.05, 3.63) is 22.3 Å². The van der Waals surface area contributed by atoms with E-state index in [2.05, 4.69) is 5.32 Å². The average molecular weight is 1110 g/mol. The van der Waals surface area contributed by atoms with Crippen LogP contribution in [0.15, 0.2) is 0 Å². The minimum Gasteiger partial charge on any atom is -0.463 e. The molecule has 2 fully saturated rings. The van der Waals surface area contributed by atoms with Gasteiger partial charge in [-0.3, -0.25) is 24.0 Å². The van der Waals surface area contributed by atoms with Gasteiger partial charge in [0.05, 0.1) is 16.7 Å². The molecule has 2 spiro atoms. The van der Waals surface area contributed by atoms with Crippen LogP contribution >= 0.6 is 0 Å². The minimum atomic E-state index is -1.54. The van der Waals surface area contributed by atoms with Gasteiger partial charge in [-0.25, -0.2) is 0 Å². The van der Waals surface area contributed by atoms with E-state index in [1.165, 1.54) is 341 Å². The fourth-order valence-electron chi connectivity index (χ4n) is 27.4. The van der Waals surface area contributed by atoms with Crippen LogP contribution in [0.5, 0.6) is 0 Å². The minimum absolute atomic E-state index is 0.270. The van der Waals surface area contributed by atoms with E-state index < -0.39 is 77.9 Å². The molecule has 28 aromatic rings. The predicted octanol–water partition coefficient (Wildman–Crippen LogP) is 15.1. The zero-order valence-electron chi connectivity index (χ0n) is 45.3. The van der Waals surface area contributed by atoms with Gasteiger partial charge in [-0.2, -0.15) is 0 Å². The summed E-state index contributed by atoms with van der Waals surface area (Å²) in [7, 11) is 0. The molecule has 1 saturated heterocycles. The number of hydrogen-bond donors (Lipinski definition) is 1.